The summed E-state index contributed by atoms with van der Waals surface area (Å²) in [5.41, 5.74) is 0. The smallest absolute Gasteiger partial charge is 0.396 e. The van der Waals surface area contributed by atoms with Crippen LogP contribution in [0.1, 0.15) is 6.42 Å². The predicted molar refractivity (Wildman–Crippen MR) is 36.1 cm³/mol. The second-order valence-electron chi connectivity index (χ2n) is 2.42. The summed E-state index contributed by atoms with van der Waals surface area (Å²) in [7, 11) is -5.41. The molecule has 0 heterocycles. The van der Waals surface area contributed by atoms with Crippen molar-refractivity contribution in [2.75, 3.05) is 13.7 Å². The van der Waals surface area contributed by atoms with Gasteiger partial charge in [0, 0.05) is 13.5 Å². The molecule has 0 bridgehead atoms. The van der Waals surface area contributed by atoms with Crippen LogP contribution in [-0.2, 0) is 14.9 Å². The largest absolute Gasteiger partial charge is 0.743 e. The van der Waals surface area contributed by atoms with E-state index in [1.807, 2.05) is 0 Å². The Morgan fingerprint density at radius 3 is 2.00 bits per heavy atom. The SMILES string of the molecule is COCCC(F)(F)C(F)(F)S(=O)(=O)[O-]. The Morgan fingerprint density at radius 1 is 1.29 bits per heavy atom. The number of hydrogen-bond donors (Lipinski definition) is 0. The van der Waals surface area contributed by atoms with Gasteiger partial charge in [-0.15, -0.1) is 0 Å². The van der Waals surface area contributed by atoms with Crippen molar-refractivity contribution in [3.05, 3.63) is 0 Å². The summed E-state index contributed by atoms with van der Waals surface area (Å²) in [5.74, 6) is -4.93. The fourth-order valence-electron chi connectivity index (χ4n) is 0.559. The Labute approximate surface area is 77.6 Å². The molecule has 0 radical (unpaired) electrons. The first-order chi connectivity index (χ1) is 6.06. The van der Waals surface area contributed by atoms with E-state index in [1.165, 1.54) is 0 Å². The Bertz CT molecular complexity index is 286. The molecule has 0 aliphatic carbocycles. The zero-order chi connectivity index (χ0) is 11.6. The monoisotopic (exact) mass is 239 g/mol. The predicted octanol–water partition coefficient (Wildman–Crippen LogP) is 0.796. The summed E-state index contributed by atoms with van der Waals surface area (Å²) in [6.07, 6.45) is -1.54. The molecule has 4 nitrogen and oxygen atoms in total. The first kappa shape index (κ1) is 13.6. The van der Waals surface area contributed by atoms with Crippen LogP contribution in [0.2, 0.25) is 0 Å². The molecular weight excluding hydrogens is 232 g/mol. The van der Waals surface area contributed by atoms with Crippen molar-refractivity contribution in [3.63, 3.8) is 0 Å². The summed E-state index contributed by atoms with van der Waals surface area (Å²) in [6.45, 7) is -0.780. The molecule has 0 rings (SSSR count). The number of rotatable bonds is 5. The van der Waals surface area contributed by atoms with E-state index in [0.29, 0.717) is 0 Å². The molecule has 0 aromatic carbocycles. The maximum atomic E-state index is 12.5. The second kappa shape index (κ2) is 3.99. The van der Waals surface area contributed by atoms with Crippen LogP contribution in [0.4, 0.5) is 17.6 Å². The van der Waals surface area contributed by atoms with Gasteiger partial charge in [0.15, 0.2) is 10.1 Å². The van der Waals surface area contributed by atoms with Crippen LogP contribution in [0.25, 0.3) is 0 Å². The molecule has 0 amide bonds. The minimum absolute atomic E-state index is 0.780. The van der Waals surface area contributed by atoms with Crippen molar-refractivity contribution in [1.82, 2.24) is 0 Å². The highest BCUT2D eigenvalue weighted by Crippen LogP contribution is 2.40. The first-order valence-corrected chi connectivity index (χ1v) is 4.67. The summed E-state index contributed by atoms with van der Waals surface area (Å²) >= 11 is 0. The number of halogens is 4. The Kier molecular flexibility index (Phi) is 3.87. The number of hydrogen-bond acceptors (Lipinski definition) is 4. The Hall–Kier alpha value is -0.410. The molecule has 0 saturated heterocycles. The van der Waals surface area contributed by atoms with Crippen LogP contribution in [0, 0.1) is 0 Å². The topological polar surface area (TPSA) is 66.4 Å². The molecule has 0 aliphatic rings. The van der Waals surface area contributed by atoms with Crippen LogP contribution in [0.15, 0.2) is 0 Å². The highest BCUT2D eigenvalue weighted by atomic mass is 32.2. The van der Waals surface area contributed by atoms with E-state index in [1.54, 1.807) is 0 Å². The molecule has 0 saturated carbocycles. The van der Waals surface area contributed by atoms with Crippen molar-refractivity contribution >= 4 is 10.1 Å². The van der Waals surface area contributed by atoms with Crippen LogP contribution in [0.5, 0.6) is 0 Å². The Balaban J connectivity index is 4.88. The highest BCUT2D eigenvalue weighted by Gasteiger charge is 2.61. The summed E-state index contributed by atoms with van der Waals surface area (Å²) in [4.78, 5) is 0. The van der Waals surface area contributed by atoms with Gasteiger partial charge in [-0.05, 0) is 0 Å². The van der Waals surface area contributed by atoms with Crippen LogP contribution < -0.4 is 0 Å². The molecule has 0 unspecified atom stereocenters. The number of methoxy groups -OCH3 is 1. The molecule has 0 aromatic heterocycles. The lowest BCUT2D eigenvalue weighted by atomic mass is 10.2. The van der Waals surface area contributed by atoms with Gasteiger partial charge in [0.25, 0.3) is 0 Å². The second-order valence-corrected chi connectivity index (χ2v) is 3.84. The molecule has 0 N–H and O–H groups in total. The van der Waals surface area contributed by atoms with Gasteiger partial charge in [-0.25, -0.2) is 8.42 Å². The maximum absolute atomic E-state index is 12.5. The molecule has 86 valence electrons. The van der Waals surface area contributed by atoms with E-state index < -0.39 is 34.3 Å². The fraction of sp³-hybridized carbons (Fsp3) is 1.00. The highest BCUT2D eigenvalue weighted by molar-refractivity contribution is 7.86. The molecule has 0 aromatic rings. The van der Waals surface area contributed by atoms with Gasteiger partial charge in [-0.3, -0.25) is 0 Å². The molecule has 14 heavy (non-hydrogen) atoms. The van der Waals surface area contributed by atoms with E-state index in [9.17, 15) is 30.5 Å². The molecular formula is C5H7F4O4S-. The zero-order valence-corrected chi connectivity index (χ0v) is 7.78. The van der Waals surface area contributed by atoms with E-state index in [-0.39, 0.29) is 0 Å². The molecule has 0 fully saturated rings. The van der Waals surface area contributed by atoms with Gasteiger partial charge >= 0.3 is 11.2 Å². The molecule has 9 heteroatoms. The van der Waals surface area contributed by atoms with Crippen LogP contribution >= 0.6 is 0 Å². The minimum atomic E-state index is -6.38. The lowest BCUT2D eigenvalue weighted by Crippen LogP contribution is -2.47. The van der Waals surface area contributed by atoms with Crippen LogP contribution in [-0.4, -0.2) is 37.9 Å². The van der Waals surface area contributed by atoms with Gasteiger partial charge in [0.05, 0.1) is 6.61 Å². The third-order valence-corrected chi connectivity index (χ3v) is 2.29. The number of alkyl halides is 4. The zero-order valence-electron chi connectivity index (χ0n) is 6.97. The normalized spacial score (nSPS) is 14.4. The van der Waals surface area contributed by atoms with Gasteiger partial charge < -0.3 is 9.29 Å². The summed E-state index contributed by atoms with van der Waals surface area (Å²) < 4.78 is 83.2. The van der Waals surface area contributed by atoms with Crippen molar-refractivity contribution in [2.24, 2.45) is 0 Å². The maximum Gasteiger partial charge on any atom is 0.396 e. The van der Waals surface area contributed by atoms with E-state index in [4.69, 9.17) is 0 Å². The molecule has 0 spiro atoms. The number of ether oxygens (including phenoxy) is 1. The first-order valence-electron chi connectivity index (χ1n) is 3.26. The van der Waals surface area contributed by atoms with Crippen molar-refractivity contribution < 1.29 is 35.3 Å². The standard InChI is InChI=1S/C5H8F4O4S/c1-13-3-2-4(6,7)5(8,9)14(10,11)12/h2-3H2,1H3,(H,10,11,12)/p-1. The van der Waals surface area contributed by atoms with E-state index >= 15 is 0 Å². The third-order valence-electron chi connectivity index (χ3n) is 1.36. The van der Waals surface area contributed by atoms with Crippen molar-refractivity contribution in [1.29, 1.82) is 0 Å². The average molecular weight is 239 g/mol. The van der Waals surface area contributed by atoms with Gasteiger partial charge in [0.1, 0.15) is 0 Å². The van der Waals surface area contributed by atoms with Gasteiger partial charge in [-0.1, -0.05) is 0 Å². The van der Waals surface area contributed by atoms with E-state index in [0.717, 1.165) is 7.11 Å². The summed E-state index contributed by atoms with van der Waals surface area (Å²) in [5, 5.41) is -5.61. The van der Waals surface area contributed by atoms with Crippen molar-refractivity contribution in [2.45, 2.75) is 17.6 Å². The molecule has 0 atom stereocenters. The quantitative estimate of drug-likeness (QED) is 0.525. The van der Waals surface area contributed by atoms with Crippen molar-refractivity contribution in [3.8, 4) is 0 Å². The van der Waals surface area contributed by atoms with Crippen LogP contribution in [0.3, 0.4) is 0 Å². The Morgan fingerprint density at radius 2 is 1.71 bits per heavy atom. The minimum Gasteiger partial charge on any atom is -0.743 e. The van der Waals surface area contributed by atoms with E-state index in [2.05, 4.69) is 4.74 Å². The molecule has 0 aliphatic heterocycles. The third kappa shape index (κ3) is 2.55. The van der Waals surface area contributed by atoms with Gasteiger partial charge in [0.2, 0.25) is 0 Å². The average Bonchev–Trinajstić information content (AvgIpc) is 1.98. The lowest BCUT2D eigenvalue weighted by Gasteiger charge is -2.27. The summed E-state index contributed by atoms with van der Waals surface area (Å²) in [6, 6.07) is 0. The fourth-order valence-corrected chi connectivity index (χ4v) is 1.03. The lowest BCUT2D eigenvalue weighted by molar-refractivity contribution is -0.169. The van der Waals surface area contributed by atoms with Gasteiger partial charge in [-0.2, -0.15) is 17.6 Å².